The molecule has 0 saturated carbocycles. The zero-order valence-electron chi connectivity index (χ0n) is 7.79. The second kappa shape index (κ2) is 3.57. The van der Waals surface area contributed by atoms with Gasteiger partial charge in [0.1, 0.15) is 0 Å². The van der Waals surface area contributed by atoms with Crippen LogP contribution in [-0.2, 0) is 11.3 Å². The van der Waals surface area contributed by atoms with Gasteiger partial charge >= 0.3 is 0 Å². The summed E-state index contributed by atoms with van der Waals surface area (Å²) in [4.78, 5) is 11.3. The molecule has 1 amide bonds. The first-order chi connectivity index (χ1) is 6.00. The summed E-state index contributed by atoms with van der Waals surface area (Å²) in [6.07, 6.45) is 3.38. The van der Waals surface area contributed by atoms with E-state index in [0.717, 1.165) is 5.56 Å². The van der Waals surface area contributed by atoms with Crippen LogP contribution in [0.2, 0.25) is 0 Å². The Morgan fingerprint density at radius 3 is 2.92 bits per heavy atom. The highest BCUT2D eigenvalue weighted by atomic mass is 16.2. The van der Waals surface area contributed by atoms with Crippen LogP contribution in [0.25, 0.3) is 0 Å². The summed E-state index contributed by atoms with van der Waals surface area (Å²) in [5.74, 6) is -0.172. The molecule has 4 N–H and O–H groups in total. The van der Waals surface area contributed by atoms with Gasteiger partial charge in [-0.15, -0.1) is 0 Å². The number of aromatic amines is 1. The first-order valence-corrected chi connectivity index (χ1v) is 4.05. The predicted octanol–water partition coefficient (Wildman–Crippen LogP) is -0.237. The third-order valence-electron chi connectivity index (χ3n) is 1.59. The third-order valence-corrected chi connectivity index (χ3v) is 1.59. The van der Waals surface area contributed by atoms with Crippen LogP contribution >= 0.6 is 0 Å². The van der Waals surface area contributed by atoms with E-state index in [0.29, 0.717) is 6.54 Å². The molecule has 5 heteroatoms. The van der Waals surface area contributed by atoms with E-state index >= 15 is 0 Å². The molecule has 0 bridgehead atoms. The molecule has 1 aromatic rings. The van der Waals surface area contributed by atoms with Crippen molar-refractivity contribution >= 4 is 5.91 Å². The van der Waals surface area contributed by atoms with Crippen molar-refractivity contribution in [2.24, 2.45) is 5.73 Å². The fraction of sp³-hybridized carbons (Fsp3) is 0.500. The van der Waals surface area contributed by atoms with Crippen molar-refractivity contribution in [1.29, 1.82) is 0 Å². The summed E-state index contributed by atoms with van der Waals surface area (Å²) in [7, 11) is 0. The predicted molar refractivity (Wildman–Crippen MR) is 48.7 cm³/mol. The van der Waals surface area contributed by atoms with Gasteiger partial charge in [-0.3, -0.25) is 9.89 Å². The molecule has 1 rings (SSSR count). The highest BCUT2D eigenvalue weighted by Crippen LogP contribution is 1.98. The molecule has 0 aliphatic heterocycles. The lowest BCUT2D eigenvalue weighted by Crippen LogP contribution is -2.48. The van der Waals surface area contributed by atoms with Crippen molar-refractivity contribution in [2.45, 2.75) is 25.9 Å². The molecule has 72 valence electrons. The SMILES string of the molecule is CC(C)(N)C(=O)NCc1cn[nH]c1. The van der Waals surface area contributed by atoms with Crippen LogP contribution in [0.5, 0.6) is 0 Å². The van der Waals surface area contributed by atoms with Crippen LogP contribution in [-0.4, -0.2) is 21.6 Å². The summed E-state index contributed by atoms with van der Waals surface area (Å²) in [5.41, 5.74) is 5.68. The molecular formula is C8H14N4O. The number of carbonyl (C=O) groups is 1. The molecular weight excluding hydrogens is 168 g/mol. The second-order valence-electron chi connectivity index (χ2n) is 3.51. The Kier molecular flexibility index (Phi) is 2.67. The number of amides is 1. The molecule has 13 heavy (non-hydrogen) atoms. The minimum Gasteiger partial charge on any atom is -0.350 e. The van der Waals surface area contributed by atoms with Gasteiger partial charge in [0.05, 0.1) is 11.7 Å². The van der Waals surface area contributed by atoms with Crippen molar-refractivity contribution in [2.75, 3.05) is 0 Å². The number of carbonyl (C=O) groups excluding carboxylic acids is 1. The fourth-order valence-corrected chi connectivity index (χ4v) is 0.784. The molecule has 0 spiro atoms. The molecule has 5 nitrogen and oxygen atoms in total. The number of hydrogen-bond acceptors (Lipinski definition) is 3. The largest absolute Gasteiger partial charge is 0.350 e. The Balaban J connectivity index is 2.40. The van der Waals surface area contributed by atoms with Crippen molar-refractivity contribution in [3.63, 3.8) is 0 Å². The van der Waals surface area contributed by atoms with Crippen molar-refractivity contribution in [1.82, 2.24) is 15.5 Å². The maximum Gasteiger partial charge on any atom is 0.239 e. The van der Waals surface area contributed by atoms with E-state index in [1.54, 1.807) is 26.2 Å². The number of nitrogens with two attached hydrogens (primary N) is 1. The molecule has 0 radical (unpaired) electrons. The van der Waals surface area contributed by atoms with E-state index in [-0.39, 0.29) is 5.91 Å². The molecule has 0 saturated heterocycles. The average molecular weight is 182 g/mol. The molecule has 0 aliphatic rings. The topological polar surface area (TPSA) is 83.8 Å². The van der Waals surface area contributed by atoms with Crippen LogP contribution in [0.1, 0.15) is 19.4 Å². The number of H-pyrrole nitrogens is 1. The molecule has 1 heterocycles. The minimum atomic E-state index is -0.830. The third kappa shape index (κ3) is 2.87. The van der Waals surface area contributed by atoms with E-state index < -0.39 is 5.54 Å². The first-order valence-electron chi connectivity index (χ1n) is 4.05. The number of nitrogens with zero attached hydrogens (tertiary/aromatic N) is 1. The maximum atomic E-state index is 11.3. The average Bonchev–Trinajstić information content (AvgIpc) is 2.50. The summed E-state index contributed by atoms with van der Waals surface area (Å²) in [5, 5.41) is 9.12. The maximum absolute atomic E-state index is 11.3. The van der Waals surface area contributed by atoms with Crippen LogP contribution in [0.15, 0.2) is 12.4 Å². The lowest BCUT2D eigenvalue weighted by atomic mass is 10.1. The lowest BCUT2D eigenvalue weighted by molar-refractivity contribution is -0.125. The second-order valence-corrected chi connectivity index (χ2v) is 3.51. The quantitative estimate of drug-likeness (QED) is 0.603. The van der Waals surface area contributed by atoms with Crippen molar-refractivity contribution in [3.8, 4) is 0 Å². The molecule has 0 fully saturated rings. The zero-order chi connectivity index (χ0) is 9.90. The van der Waals surface area contributed by atoms with Crippen molar-refractivity contribution in [3.05, 3.63) is 18.0 Å². The van der Waals surface area contributed by atoms with Gasteiger partial charge < -0.3 is 11.1 Å². The standard InChI is InChI=1S/C8H14N4O/c1-8(2,9)7(13)10-3-6-4-11-12-5-6/h4-5H,3,9H2,1-2H3,(H,10,13)(H,11,12). The van der Waals surface area contributed by atoms with E-state index in [1.165, 1.54) is 0 Å². The Bertz CT molecular complexity index is 273. The molecule has 0 atom stereocenters. The zero-order valence-corrected chi connectivity index (χ0v) is 7.79. The van der Waals surface area contributed by atoms with Crippen LogP contribution in [0.3, 0.4) is 0 Å². The van der Waals surface area contributed by atoms with E-state index in [1.807, 2.05) is 0 Å². The fourth-order valence-electron chi connectivity index (χ4n) is 0.784. The number of hydrogen-bond donors (Lipinski definition) is 3. The monoisotopic (exact) mass is 182 g/mol. The summed E-state index contributed by atoms with van der Waals surface area (Å²) >= 11 is 0. The first kappa shape index (κ1) is 9.73. The van der Waals surface area contributed by atoms with Gasteiger partial charge in [0.25, 0.3) is 0 Å². The van der Waals surface area contributed by atoms with Gasteiger partial charge in [0, 0.05) is 18.3 Å². The number of rotatable bonds is 3. The number of aromatic nitrogens is 2. The van der Waals surface area contributed by atoms with Gasteiger partial charge in [0.2, 0.25) is 5.91 Å². The van der Waals surface area contributed by atoms with Crippen LogP contribution in [0.4, 0.5) is 0 Å². The Morgan fingerprint density at radius 2 is 2.46 bits per heavy atom. The van der Waals surface area contributed by atoms with E-state index in [9.17, 15) is 4.79 Å². The molecule has 1 aromatic heterocycles. The van der Waals surface area contributed by atoms with Gasteiger partial charge in [-0.1, -0.05) is 0 Å². The highest BCUT2D eigenvalue weighted by Gasteiger charge is 2.20. The Hall–Kier alpha value is -1.36. The molecule has 0 aliphatic carbocycles. The Labute approximate surface area is 76.7 Å². The highest BCUT2D eigenvalue weighted by molar-refractivity contribution is 5.84. The summed E-state index contributed by atoms with van der Waals surface area (Å²) < 4.78 is 0. The van der Waals surface area contributed by atoms with E-state index in [4.69, 9.17) is 5.73 Å². The minimum absolute atomic E-state index is 0.172. The van der Waals surface area contributed by atoms with Crippen molar-refractivity contribution < 1.29 is 4.79 Å². The van der Waals surface area contributed by atoms with Gasteiger partial charge in [-0.05, 0) is 13.8 Å². The number of nitrogens with one attached hydrogen (secondary N) is 2. The van der Waals surface area contributed by atoms with Gasteiger partial charge in [-0.25, -0.2) is 0 Å². The van der Waals surface area contributed by atoms with Gasteiger partial charge in [-0.2, -0.15) is 5.10 Å². The lowest BCUT2D eigenvalue weighted by Gasteiger charge is -2.17. The molecule has 0 aromatic carbocycles. The normalized spacial score (nSPS) is 11.3. The Morgan fingerprint density at radius 1 is 1.77 bits per heavy atom. The smallest absolute Gasteiger partial charge is 0.239 e. The van der Waals surface area contributed by atoms with Gasteiger partial charge in [0.15, 0.2) is 0 Å². The van der Waals surface area contributed by atoms with Crippen LogP contribution in [0, 0.1) is 0 Å². The molecule has 0 unspecified atom stereocenters. The summed E-state index contributed by atoms with van der Waals surface area (Å²) in [6, 6.07) is 0. The van der Waals surface area contributed by atoms with E-state index in [2.05, 4.69) is 15.5 Å². The van der Waals surface area contributed by atoms with Crippen LogP contribution < -0.4 is 11.1 Å². The summed E-state index contributed by atoms with van der Waals surface area (Å²) in [6.45, 7) is 3.78.